The molecule has 1 amide bonds. The smallest absolute Gasteiger partial charge is 0.289 e. The number of rotatable bonds is 7. The second-order valence-electron chi connectivity index (χ2n) is 7.01. The highest BCUT2D eigenvalue weighted by molar-refractivity contribution is 5.91. The predicted octanol–water partition coefficient (Wildman–Crippen LogP) is 3.63. The predicted molar refractivity (Wildman–Crippen MR) is 117 cm³/mol. The van der Waals surface area contributed by atoms with Gasteiger partial charge in [0.25, 0.3) is 11.5 Å². The number of benzene rings is 2. The van der Waals surface area contributed by atoms with E-state index in [2.05, 4.69) is 16.0 Å². The number of amides is 1. The first kappa shape index (κ1) is 20.9. The van der Waals surface area contributed by atoms with Crippen molar-refractivity contribution >= 4 is 16.8 Å². The van der Waals surface area contributed by atoms with Crippen LogP contribution in [0, 0.1) is 11.3 Å². The molecule has 0 atom stereocenters. The number of hydrogen-bond acceptors (Lipinski definition) is 6. The number of aromatic amines is 1. The molecule has 32 heavy (non-hydrogen) atoms. The van der Waals surface area contributed by atoms with Crippen molar-refractivity contribution < 1.29 is 13.9 Å². The van der Waals surface area contributed by atoms with Crippen LogP contribution in [0.4, 0.5) is 0 Å². The molecule has 2 aromatic heterocycles. The Morgan fingerprint density at radius 2 is 1.94 bits per heavy atom. The van der Waals surface area contributed by atoms with Crippen LogP contribution in [-0.4, -0.2) is 27.3 Å². The van der Waals surface area contributed by atoms with Crippen LogP contribution >= 0.6 is 0 Å². The Kier molecular flexibility index (Phi) is 5.99. The van der Waals surface area contributed by atoms with E-state index in [1.165, 1.54) is 4.90 Å². The number of hydrogen-bond donors (Lipinski definition) is 1. The second kappa shape index (κ2) is 9.18. The molecule has 0 spiro atoms. The van der Waals surface area contributed by atoms with Crippen molar-refractivity contribution in [2.24, 2.45) is 0 Å². The van der Waals surface area contributed by atoms with Gasteiger partial charge in [0.15, 0.2) is 5.76 Å². The van der Waals surface area contributed by atoms with Crippen molar-refractivity contribution in [2.75, 3.05) is 6.54 Å². The van der Waals surface area contributed by atoms with Gasteiger partial charge in [0.1, 0.15) is 30.0 Å². The van der Waals surface area contributed by atoms with Crippen LogP contribution in [0.1, 0.15) is 34.6 Å². The molecule has 0 aliphatic rings. The summed E-state index contributed by atoms with van der Waals surface area (Å²) in [5.74, 6) is 1.12. The summed E-state index contributed by atoms with van der Waals surface area (Å²) in [6, 6.07) is 19.2. The van der Waals surface area contributed by atoms with Gasteiger partial charge >= 0.3 is 0 Å². The summed E-state index contributed by atoms with van der Waals surface area (Å²) in [6.07, 6.45) is 0. The van der Waals surface area contributed by atoms with Crippen LogP contribution in [0.2, 0.25) is 0 Å². The first-order valence-electron chi connectivity index (χ1n) is 10.1. The van der Waals surface area contributed by atoms with Gasteiger partial charge in [-0.3, -0.25) is 9.59 Å². The van der Waals surface area contributed by atoms with Crippen molar-refractivity contribution in [1.82, 2.24) is 14.9 Å². The normalized spacial score (nSPS) is 10.6. The van der Waals surface area contributed by atoms with E-state index in [0.29, 0.717) is 40.3 Å². The molecule has 0 saturated heterocycles. The molecule has 1 N–H and O–H groups in total. The zero-order chi connectivity index (χ0) is 22.5. The number of carbonyl (C=O) groups excluding carboxylic acids is 1. The van der Waals surface area contributed by atoms with Gasteiger partial charge in [0.2, 0.25) is 0 Å². The average Bonchev–Trinajstić information content (AvgIpc) is 3.30. The highest BCUT2D eigenvalue weighted by Crippen LogP contribution is 2.19. The molecule has 2 aromatic carbocycles. The van der Waals surface area contributed by atoms with Gasteiger partial charge in [0, 0.05) is 6.54 Å². The molecule has 8 heteroatoms. The third-order valence-electron chi connectivity index (χ3n) is 4.92. The van der Waals surface area contributed by atoms with E-state index < -0.39 is 0 Å². The molecule has 0 radical (unpaired) electrons. The zero-order valence-corrected chi connectivity index (χ0v) is 17.4. The number of aromatic nitrogens is 2. The van der Waals surface area contributed by atoms with Crippen LogP contribution < -0.4 is 10.3 Å². The van der Waals surface area contributed by atoms with Gasteiger partial charge in [-0.15, -0.1) is 0 Å². The maximum absolute atomic E-state index is 12.9. The van der Waals surface area contributed by atoms with E-state index in [0.717, 1.165) is 0 Å². The van der Waals surface area contributed by atoms with Crippen LogP contribution in [-0.2, 0) is 13.2 Å². The van der Waals surface area contributed by atoms with Crippen molar-refractivity contribution in [3.63, 3.8) is 0 Å². The maximum atomic E-state index is 12.9. The molecule has 0 aliphatic heterocycles. The van der Waals surface area contributed by atoms with Crippen molar-refractivity contribution in [1.29, 1.82) is 5.26 Å². The minimum atomic E-state index is -0.327. The standard InChI is InChI=1S/C24H20N4O4/c1-2-28(14-22-26-19-9-5-4-8-18(19)23(29)27-22)24(30)21-12-11-17(32-21)15-31-20-10-6-3-7-16(20)13-25/h3-12H,2,14-15H2,1H3,(H,26,27,29). The molecule has 0 unspecified atom stereocenters. The fourth-order valence-electron chi connectivity index (χ4n) is 3.28. The largest absolute Gasteiger partial charge is 0.484 e. The summed E-state index contributed by atoms with van der Waals surface area (Å²) in [5, 5.41) is 9.65. The van der Waals surface area contributed by atoms with Crippen molar-refractivity contribution in [3.8, 4) is 11.8 Å². The lowest BCUT2D eigenvalue weighted by atomic mass is 10.2. The first-order chi connectivity index (χ1) is 15.6. The molecule has 2 heterocycles. The lowest BCUT2D eigenvalue weighted by Crippen LogP contribution is -2.31. The minimum Gasteiger partial charge on any atom is -0.484 e. The van der Waals surface area contributed by atoms with Crippen LogP contribution in [0.3, 0.4) is 0 Å². The number of nitrogens with zero attached hydrogens (tertiary/aromatic N) is 3. The third kappa shape index (κ3) is 4.37. The van der Waals surface area contributed by atoms with Gasteiger partial charge in [0.05, 0.1) is 23.0 Å². The van der Waals surface area contributed by atoms with Gasteiger partial charge in [-0.05, 0) is 43.3 Å². The maximum Gasteiger partial charge on any atom is 0.289 e. The fourth-order valence-corrected chi connectivity index (χ4v) is 3.28. The Labute approximate surface area is 183 Å². The lowest BCUT2D eigenvalue weighted by molar-refractivity contribution is 0.0712. The highest BCUT2D eigenvalue weighted by atomic mass is 16.5. The second-order valence-corrected chi connectivity index (χ2v) is 7.01. The number of ether oxygens (including phenoxy) is 1. The summed E-state index contributed by atoms with van der Waals surface area (Å²) < 4.78 is 11.3. The highest BCUT2D eigenvalue weighted by Gasteiger charge is 2.20. The Hall–Kier alpha value is -4.38. The van der Waals surface area contributed by atoms with Crippen LogP contribution in [0.15, 0.2) is 69.9 Å². The Balaban J connectivity index is 1.47. The Bertz CT molecular complexity index is 1370. The monoisotopic (exact) mass is 428 g/mol. The van der Waals surface area contributed by atoms with E-state index >= 15 is 0 Å². The number of nitriles is 1. The molecule has 8 nitrogen and oxygen atoms in total. The van der Waals surface area contributed by atoms with E-state index in [4.69, 9.17) is 14.4 Å². The first-order valence-corrected chi connectivity index (χ1v) is 10.1. The van der Waals surface area contributed by atoms with E-state index in [1.54, 1.807) is 54.6 Å². The van der Waals surface area contributed by atoms with Crippen molar-refractivity contribution in [2.45, 2.75) is 20.1 Å². The third-order valence-corrected chi connectivity index (χ3v) is 4.92. The molecule has 0 bridgehead atoms. The SMILES string of the molecule is CCN(Cc1nc2ccccc2c(=O)[nH]1)C(=O)c1ccc(COc2ccccc2C#N)o1. The molecular weight excluding hydrogens is 408 g/mol. The van der Waals surface area contributed by atoms with E-state index in [-0.39, 0.29) is 30.4 Å². The number of para-hydroxylation sites is 2. The van der Waals surface area contributed by atoms with Crippen molar-refractivity contribution in [3.05, 3.63) is 93.9 Å². The lowest BCUT2D eigenvalue weighted by Gasteiger charge is -2.19. The van der Waals surface area contributed by atoms with Crippen LogP contribution in [0.25, 0.3) is 10.9 Å². The van der Waals surface area contributed by atoms with E-state index in [9.17, 15) is 9.59 Å². The molecule has 0 fully saturated rings. The number of H-pyrrole nitrogens is 1. The molecule has 0 aliphatic carbocycles. The number of carbonyl (C=O) groups is 1. The summed E-state index contributed by atoms with van der Waals surface area (Å²) in [7, 11) is 0. The molecule has 4 aromatic rings. The summed E-state index contributed by atoms with van der Waals surface area (Å²) in [5.41, 5.74) is 0.749. The number of fused-ring (bicyclic) bond motifs is 1. The minimum absolute atomic E-state index is 0.0810. The van der Waals surface area contributed by atoms with Gasteiger partial charge in [-0.1, -0.05) is 24.3 Å². The topological polar surface area (TPSA) is 112 Å². The van der Waals surface area contributed by atoms with Gasteiger partial charge < -0.3 is 19.0 Å². The Morgan fingerprint density at radius 1 is 1.16 bits per heavy atom. The van der Waals surface area contributed by atoms with Gasteiger partial charge in [-0.2, -0.15) is 5.26 Å². The summed E-state index contributed by atoms with van der Waals surface area (Å²) in [4.78, 5) is 34.0. The van der Waals surface area contributed by atoms with Gasteiger partial charge in [-0.25, -0.2) is 4.98 Å². The van der Waals surface area contributed by atoms with E-state index in [1.807, 2.05) is 13.0 Å². The zero-order valence-electron chi connectivity index (χ0n) is 17.4. The number of nitrogens with one attached hydrogen (secondary N) is 1. The number of furan rings is 1. The molecule has 4 rings (SSSR count). The fraction of sp³-hybridized carbons (Fsp3) is 0.167. The average molecular weight is 428 g/mol. The summed E-state index contributed by atoms with van der Waals surface area (Å²) >= 11 is 0. The molecule has 160 valence electrons. The van der Waals surface area contributed by atoms with Crippen LogP contribution in [0.5, 0.6) is 5.75 Å². The Morgan fingerprint density at radius 3 is 2.75 bits per heavy atom. The molecule has 0 saturated carbocycles. The molecular formula is C24H20N4O4. The summed E-state index contributed by atoms with van der Waals surface area (Å²) in [6.45, 7) is 2.45. The quantitative estimate of drug-likeness (QED) is 0.481.